The molecule has 4 nitrogen and oxygen atoms in total. The Hall–Kier alpha value is -2.59. The standard InChI is InChI=1S/C28H32O4/c1-17(2)20-14-13-18(3)15-24(20)30-25-16-22(19-9-5-4-6-10-19)26-27(32-25)21-11-7-8-12-23(21)31-28(26)29/h4-12,17-18,20,22,24-25H,13-16H2,1-3H3. The smallest absolute Gasteiger partial charge is 0.343 e. The molecule has 1 aliphatic heterocycles. The third kappa shape index (κ3) is 3.97. The Bertz CT molecular complexity index is 1130. The van der Waals surface area contributed by atoms with Crippen molar-refractivity contribution in [3.63, 3.8) is 0 Å². The molecule has 1 aliphatic carbocycles. The number of para-hydroxylation sites is 1. The van der Waals surface area contributed by atoms with Gasteiger partial charge in [0.1, 0.15) is 11.3 Å². The molecule has 2 heterocycles. The summed E-state index contributed by atoms with van der Waals surface area (Å²) >= 11 is 0. The van der Waals surface area contributed by atoms with Gasteiger partial charge in [-0.2, -0.15) is 0 Å². The molecule has 1 fully saturated rings. The minimum atomic E-state index is -0.394. The van der Waals surface area contributed by atoms with E-state index in [-0.39, 0.29) is 17.6 Å². The Balaban J connectivity index is 1.56. The quantitative estimate of drug-likeness (QED) is 0.441. The molecule has 2 aliphatic rings. The largest absolute Gasteiger partial charge is 0.464 e. The number of benzene rings is 2. The Morgan fingerprint density at radius 2 is 1.72 bits per heavy atom. The monoisotopic (exact) mass is 432 g/mol. The first kappa shape index (κ1) is 21.3. The maximum atomic E-state index is 13.1. The van der Waals surface area contributed by atoms with Crippen LogP contribution in [0.15, 0.2) is 63.8 Å². The summed E-state index contributed by atoms with van der Waals surface area (Å²) in [7, 11) is 0. The maximum Gasteiger partial charge on any atom is 0.343 e. The number of rotatable bonds is 4. The number of ether oxygens (including phenoxy) is 2. The average Bonchev–Trinajstić information content (AvgIpc) is 2.79. The minimum Gasteiger partial charge on any atom is -0.464 e. The van der Waals surface area contributed by atoms with Crippen molar-refractivity contribution in [3.05, 3.63) is 76.1 Å². The highest BCUT2D eigenvalue weighted by Gasteiger charge is 2.39. The van der Waals surface area contributed by atoms with Crippen molar-refractivity contribution in [2.45, 2.75) is 64.8 Å². The normalized spacial score (nSPS) is 27.8. The van der Waals surface area contributed by atoms with Gasteiger partial charge >= 0.3 is 5.63 Å². The molecule has 2 aromatic carbocycles. The zero-order valence-corrected chi connectivity index (χ0v) is 19.1. The van der Waals surface area contributed by atoms with Gasteiger partial charge in [-0.15, -0.1) is 0 Å². The molecule has 1 saturated carbocycles. The maximum absolute atomic E-state index is 13.1. The van der Waals surface area contributed by atoms with Gasteiger partial charge in [-0.05, 0) is 48.3 Å². The van der Waals surface area contributed by atoms with Crippen LogP contribution in [0.5, 0.6) is 5.75 Å². The van der Waals surface area contributed by atoms with Crippen LogP contribution in [0, 0.1) is 17.8 Å². The van der Waals surface area contributed by atoms with E-state index in [9.17, 15) is 4.79 Å². The highest BCUT2D eigenvalue weighted by Crippen LogP contribution is 2.44. The molecular weight excluding hydrogens is 400 g/mol. The second kappa shape index (κ2) is 8.74. The highest BCUT2D eigenvalue weighted by atomic mass is 16.7. The van der Waals surface area contributed by atoms with Crippen molar-refractivity contribution >= 4 is 11.0 Å². The van der Waals surface area contributed by atoms with Crippen LogP contribution in [0.3, 0.4) is 0 Å². The predicted molar refractivity (Wildman–Crippen MR) is 126 cm³/mol. The second-order valence-electron chi connectivity index (χ2n) is 9.88. The van der Waals surface area contributed by atoms with Gasteiger partial charge in [-0.25, -0.2) is 4.79 Å². The third-order valence-corrected chi connectivity index (χ3v) is 7.31. The summed E-state index contributed by atoms with van der Waals surface area (Å²) in [5.74, 6) is 2.25. The van der Waals surface area contributed by atoms with Crippen LogP contribution >= 0.6 is 0 Å². The van der Waals surface area contributed by atoms with Gasteiger partial charge in [-0.1, -0.05) is 69.7 Å². The molecule has 3 aromatic rings. The Kier molecular flexibility index (Phi) is 5.81. The van der Waals surface area contributed by atoms with E-state index in [4.69, 9.17) is 13.9 Å². The molecule has 0 amide bonds. The van der Waals surface area contributed by atoms with Crippen LogP contribution in [0.2, 0.25) is 0 Å². The summed E-state index contributed by atoms with van der Waals surface area (Å²) in [5.41, 5.74) is 1.92. The van der Waals surface area contributed by atoms with Crippen LogP contribution in [0.1, 0.15) is 63.5 Å². The van der Waals surface area contributed by atoms with Crippen molar-refractivity contribution in [2.24, 2.45) is 17.8 Å². The van der Waals surface area contributed by atoms with Gasteiger partial charge in [0, 0.05) is 12.3 Å². The molecule has 1 aromatic heterocycles. The summed E-state index contributed by atoms with van der Waals surface area (Å²) in [6.45, 7) is 6.90. The van der Waals surface area contributed by atoms with Crippen LogP contribution < -0.4 is 10.4 Å². The van der Waals surface area contributed by atoms with E-state index in [0.717, 1.165) is 17.4 Å². The lowest BCUT2D eigenvalue weighted by molar-refractivity contribution is -0.163. The van der Waals surface area contributed by atoms with Gasteiger partial charge in [0.15, 0.2) is 0 Å². The van der Waals surface area contributed by atoms with E-state index in [1.165, 1.54) is 12.8 Å². The second-order valence-corrected chi connectivity index (χ2v) is 9.88. The Morgan fingerprint density at radius 1 is 0.969 bits per heavy atom. The van der Waals surface area contributed by atoms with Crippen LogP contribution in [0.25, 0.3) is 11.0 Å². The summed E-state index contributed by atoms with van der Waals surface area (Å²) in [6, 6.07) is 17.8. The zero-order valence-electron chi connectivity index (χ0n) is 19.1. The summed E-state index contributed by atoms with van der Waals surface area (Å²) in [4.78, 5) is 13.1. The molecule has 5 rings (SSSR count). The number of hydrogen-bond donors (Lipinski definition) is 0. The molecule has 0 saturated heterocycles. The molecule has 0 bridgehead atoms. The van der Waals surface area contributed by atoms with E-state index >= 15 is 0 Å². The van der Waals surface area contributed by atoms with E-state index in [2.05, 4.69) is 32.9 Å². The van der Waals surface area contributed by atoms with Crippen molar-refractivity contribution in [3.8, 4) is 5.75 Å². The van der Waals surface area contributed by atoms with Crippen LogP contribution in [0.4, 0.5) is 0 Å². The minimum absolute atomic E-state index is 0.121. The van der Waals surface area contributed by atoms with Crippen molar-refractivity contribution < 1.29 is 13.9 Å². The van der Waals surface area contributed by atoms with Crippen molar-refractivity contribution in [2.75, 3.05) is 0 Å². The first-order valence-electron chi connectivity index (χ1n) is 11.9. The van der Waals surface area contributed by atoms with Crippen LogP contribution in [-0.2, 0) is 4.74 Å². The molecule has 5 atom stereocenters. The first-order chi connectivity index (χ1) is 15.5. The van der Waals surface area contributed by atoms with Crippen molar-refractivity contribution in [1.29, 1.82) is 0 Å². The van der Waals surface area contributed by atoms with Gasteiger partial charge in [0.2, 0.25) is 6.29 Å². The summed E-state index contributed by atoms with van der Waals surface area (Å²) < 4.78 is 18.9. The molecule has 5 unspecified atom stereocenters. The molecule has 168 valence electrons. The Labute approximate surface area is 189 Å². The van der Waals surface area contributed by atoms with Gasteiger partial charge < -0.3 is 13.9 Å². The van der Waals surface area contributed by atoms with Gasteiger partial charge in [0.25, 0.3) is 0 Å². The molecule has 32 heavy (non-hydrogen) atoms. The van der Waals surface area contributed by atoms with E-state index in [1.807, 2.05) is 42.5 Å². The lowest BCUT2D eigenvalue weighted by atomic mass is 9.75. The van der Waals surface area contributed by atoms with Gasteiger partial charge in [-0.3, -0.25) is 0 Å². The number of hydrogen-bond acceptors (Lipinski definition) is 4. The van der Waals surface area contributed by atoms with E-state index < -0.39 is 6.29 Å². The fraction of sp³-hybridized carbons (Fsp3) is 0.464. The topological polar surface area (TPSA) is 48.7 Å². The lowest BCUT2D eigenvalue weighted by Gasteiger charge is -2.41. The SMILES string of the molecule is CC1CCC(C(C)C)C(OC2CC(c3ccccc3)c3c(c4ccccc4oc3=O)O2)C1. The van der Waals surface area contributed by atoms with E-state index in [0.29, 0.717) is 41.1 Å². The predicted octanol–water partition coefficient (Wildman–Crippen LogP) is 6.51. The van der Waals surface area contributed by atoms with Gasteiger partial charge in [0.05, 0.1) is 17.1 Å². The molecule has 0 spiro atoms. The lowest BCUT2D eigenvalue weighted by Crippen LogP contribution is -2.41. The molecule has 0 N–H and O–H groups in total. The summed E-state index contributed by atoms with van der Waals surface area (Å²) in [6.07, 6.45) is 3.90. The highest BCUT2D eigenvalue weighted by molar-refractivity contribution is 5.85. The van der Waals surface area contributed by atoms with E-state index in [1.54, 1.807) is 0 Å². The first-order valence-corrected chi connectivity index (χ1v) is 11.9. The van der Waals surface area contributed by atoms with Crippen molar-refractivity contribution in [1.82, 2.24) is 0 Å². The third-order valence-electron chi connectivity index (χ3n) is 7.31. The fourth-order valence-corrected chi connectivity index (χ4v) is 5.59. The molecule has 4 heteroatoms. The van der Waals surface area contributed by atoms with Crippen LogP contribution in [-0.4, -0.2) is 12.4 Å². The average molecular weight is 433 g/mol. The summed E-state index contributed by atoms with van der Waals surface area (Å²) in [5, 5.41) is 0.828. The fourth-order valence-electron chi connectivity index (χ4n) is 5.59. The molecule has 0 radical (unpaired) electrons. The Morgan fingerprint density at radius 3 is 2.50 bits per heavy atom. The molecular formula is C28H32O4. The number of fused-ring (bicyclic) bond motifs is 3. The zero-order chi connectivity index (χ0) is 22.2.